The quantitative estimate of drug-likeness (QED) is 0.755. The molecule has 7 nitrogen and oxygen atoms in total. The van der Waals surface area contributed by atoms with Gasteiger partial charge in [-0.05, 0) is 48.7 Å². The lowest BCUT2D eigenvalue weighted by Gasteiger charge is -2.18. The number of sulfonamides is 1. The number of sulfone groups is 1. The summed E-state index contributed by atoms with van der Waals surface area (Å²) in [5, 5.41) is 8.18. The maximum absolute atomic E-state index is 12.1. The summed E-state index contributed by atoms with van der Waals surface area (Å²) in [6.45, 7) is 2.56. The fourth-order valence-corrected chi connectivity index (χ4v) is 4.62. The summed E-state index contributed by atoms with van der Waals surface area (Å²) in [7, 11) is -7.61. The SMILES string of the molecule is CS(=O)(=O)c1cc(S(N)(=O)=O)ccc1NCc1ccc(N2CCCC2)cc1. The van der Waals surface area contributed by atoms with Crippen molar-refractivity contribution in [2.24, 2.45) is 5.14 Å². The Kier molecular flexibility index (Phi) is 5.45. The standard InChI is InChI=1S/C18H23N3O4S2/c1-26(22,23)18-12-16(27(19,24)25)8-9-17(18)20-13-14-4-6-15(7-5-14)21-10-2-3-11-21/h4-9,12,20H,2-3,10-11,13H2,1H3,(H2,19,24,25). The Bertz CT molecular complexity index is 1030. The normalized spacial score (nSPS) is 15.1. The van der Waals surface area contributed by atoms with Gasteiger partial charge < -0.3 is 10.2 Å². The van der Waals surface area contributed by atoms with E-state index in [0.717, 1.165) is 31.0 Å². The second-order valence-corrected chi connectivity index (χ2v) is 10.2. The zero-order chi connectivity index (χ0) is 19.7. The number of nitrogens with two attached hydrogens (primary N) is 1. The molecule has 0 saturated carbocycles. The first-order chi connectivity index (χ1) is 12.6. The summed E-state index contributed by atoms with van der Waals surface area (Å²) in [4.78, 5) is 2.01. The molecule has 0 atom stereocenters. The van der Waals surface area contributed by atoms with Crippen LogP contribution in [0.5, 0.6) is 0 Å². The van der Waals surface area contributed by atoms with Crippen LogP contribution in [0.25, 0.3) is 0 Å². The minimum absolute atomic E-state index is 0.0947. The Morgan fingerprint density at radius 1 is 1.00 bits per heavy atom. The first-order valence-corrected chi connectivity index (χ1v) is 12.0. The average Bonchev–Trinajstić information content (AvgIpc) is 3.13. The molecular formula is C18H23N3O4S2. The van der Waals surface area contributed by atoms with Crippen LogP contribution in [-0.4, -0.2) is 36.2 Å². The molecule has 1 saturated heterocycles. The fraction of sp³-hybridized carbons (Fsp3) is 0.333. The van der Waals surface area contributed by atoms with E-state index < -0.39 is 19.9 Å². The Morgan fingerprint density at radius 3 is 2.19 bits per heavy atom. The minimum atomic E-state index is -3.98. The Hall–Kier alpha value is -2.10. The van der Waals surface area contributed by atoms with Crippen LogP contribution in [-0.2, 0) is 26.4 Å². The summed E-state index contributed by atoms with van der Waals surface area (Å²) >= 11 is 0. The number of primary sulfonamides is 1. The highest BCUT2D eigenvalue weighted by Crippen LogP contribution is 2.26. The third-order valence-corrected chi connectivity index (χ3v) is 6.62. The maximum atomic E-state index is 12.1. The van der Waals surface area contributed by atoms with Crippen LogP contribution in [0.2, 0.25) is 0 Å². The van der Waals surface area contributed by atoms with Crippen molar-refractivity contribution in [1.82, 2.24) is 0 Å². The predicted octanol–water partition coefficient (Wildman–Crippen LogP) is 1.95. The van der Waals surface area contributed by atoms with Crippen LogP contribution in [0.3, 0.4) is 0 Å². The van der Waals surface area contributed by atoms with E-state index in [1.165, 1.54) is 30.7 Å². The highest BCUT2D eigenvalue weighted by Gasteiger charge is 2.18. The number of hydrogen-bond donors (Lipinski definition) is 2. The van der Waals surface area contributed by atoms with E-state index in [9.17, 15) is 16.8 Å². The topological polar surface area (TPSA) is 110 Å². The van der Waals surface area contributed by atoms with Gasteiger partial charge in [0.15, 0.2) is 9.84 Å². The lowest BCUT2D eigenvalue weighted by atomic mass is 10.2. The Labute approximate surface area is 160 Å². The van der Waals surface area contributed by atoms with E-state index in [0.29, 0.717) is 12.2 Å². The van der Waals surface area contributed by atoms with Crippen molar-refractivity contribution in [3.05, 3.63) is 48.0 Å². The van der Waals surface area contributed by atoms with E-state index in [1.54, 1.807) is 0 Å². The zero-order valence-electron chi connectivity index (χ0n) is 15.1. The van der Waals surface area contributed by atoms with Crippen molar-refractivity contribution in [1.29, 1.82) is 0 Å². The minimum Gasteiger partial charge on any atom is -0.380 e. The van der Waals surface area contributed by atoms with Crippen LogP contribution in [0, 0.1) is 0 Å². The summed E-state index contributed by atoms with van der Waals surface area (Å²) in [6.07, 6.45) is 3.46. The number of rotatable bonds is 6. The first kappa shape index (κ1) is 19.7. The number of nitrogens with one attached hydrogen (secondary N) is 1. The fourth-order valence-electron chi connectivity index (χ4n) is 3.13. The number of benzene rings is 2. The lowest BCUT2D eigenvalue weighted by Crippen LogP contribution is -2.17. The predicted molar refractivity (Wildman–Crippen MR) is 106 cm³/mol. The van der Waals surface area contributed by atoms with E-state index in [-0.39, 0.29) is 9.79 Å². The number of nitrogens with zero attached hydrogens (tertiary/aromatic N) is 1. The number of anilines is 2. The van der Waals surface area contributed by atoms with Gasteiger partial charge in [0.2, 0.25) is 10.0 Å². The van der Waals surface area contributed by atoms with Crippen LogP contribution in [0.4, 0.5) is 11.4 Å². The highest BCUT2D eigenvalue weighted by molar-refractivity contribution is 7.91. The van der Waals surface area contributed by atoms with Gasteiger partial charge in [-0.3, -0.25) is 0 Å². The summed E-state index contributed by atoms with van der Waals surface area (Å²) in [5.74, 6) is 0. The second kappa shape index (κ2) is 7.49. The molecule has 146 valence electrons. The molecule has 0 bridgehead atoms. The van der Waals surface area contributed by atoms with E-state index in [1.807, 2.05) is 12.1 Å². The Morgan fingerprint density at radius 2 is 1.63 bits per heavy atom. The molecule has 0 amide bonds. The molecule has 3 rings (SSSR count). The van der Waals surface area contributed by atoms with Crippen molar-refractivity contribution in [3.63, 3.8) is 0 Å². The van der Waals surface area contributed by atoms with Gasteiger partial charge in [-0.15, -0.1) is 0 Å². The van der Waals surface area contributed by atoms with Crippen LogP contribution in [0.1, 0.15) is 18.4 Å². The molecule has 1 fully saturated rings. The molecule has 0 spiro atoms. The molecule has 9 heteroatoms. The van der Waals surface area contributed by atoms with Gasteiger partial charge in [0.05, 0.1) is 15.5 Å². The zero-order valence-corrected chi connectivity index (χ0v) is 16.7. The van der Waals surface area contributed by atoms with Gasteiger partial charge in [-0.25, -0.2) is 22.0 Å². The average molecular weight is 410 g/mol. The molecule has 27 heavy (non-hydrogen) atoms. The van der Waals surface area contributed by atoms with Crippen LogP contribution >= 0.6 is 0 Å². The van der Waals surface area contributed by atoms with Gasteiger partial charge in [0, 0.05) is 31.6 Å². The molecule has 1 aliphatic heterocycles. The lowest BCUT2D eigenvalue weighted by molar-refractivity contribution is 0.597. The van der Waals surface area contributed by atoms with Crippen molar-refractivity contribution in [2.75, 3.05) is 29.6 Å². The molecule has 2 aromatic rings. The Balaban J connectivity index is 1.79. The monoisotopic (exact) mass is 409 g/mol. The molecule has 0 radical (unpaired) electrons. The van der Waals surface area contributed by atoms with Gasteiger partial charge >= 0.3 is 0 Å². The molecular weight excluding hydrogens is 386 g/mol. The van der Waals surface area contributed by atoms with Gasteiger partial charge in [0.25, 0.3) is 0 Å². The van der Waals surface area contributed by atoms with E-state index in [4.69, 9.17) is 5.14 Å². The second-order valence-electron chi connectivity index (χ2n) is 6.69. The third kappa shape index (κ3) is 4.79. The van der Waals surface area contributed by atoms with Crippen molar-refractivity contribution >= 4 is 31.2 Å². The van der Waals surface area contributed by atoms with E-state index in [2.05, 4.69) is 22.3 Å². The largest absolute Gasteiger partial charge is 0.380 e. The van der Waals surface area contributed by atoms with Crippen molar-refractivity contribution in [2.45, 2.75) is 29.2 Å². The van der Waals surface area contributed by atoms with Crippen molar-refractivity contribution in [3.8, 4) is 0 Å². The molecule has 0 unspecified atom stereocenters. The number of hydrogen-bond acceptors (Lipinski definition) is 6. The van der Waals surface area contributed by atoms with Gasteiger partial charge in [-0.2, -0.15) is 0 Å². The first-order valence-electron chi connectivity index (χ1n) is 8.59. The summed E-state index contributed by atoms with van der Waals surface area (Å²) in [5.41, 5.74) is 2.52. The molecule has 2 aromatic carbocycles. The molecule has 1 aliphatic rings. The maximum Gasteiger partial charge on any atom is 0.238 e. The molecule has 0 aliphatic carbocycles. The van der Waals surface area contributed by atoms with Gasteiger partial charge in [0.1, 0.15) is 0 Å². The van der Waals surface area contributed by atoms with Gasteiger partial charge in [-0.1, -0.05) is 12.1 Å². The molecule has 0 aromatic heterocycles. The third-order valence-electron chi connectivity index (χ3n) is 4.57. The summed E-state index contributed by atoms with van der Waals surface area (Å²) in [6, 6.07) is 11.9. The van der Waals surface area contributed by atoms with Crippen LogP contribution < -0.4 is 15.4 Å². The smallest absolute Gasteiger partial charge is 0.238 e. The van der Waals surface area contributed by atoms with Crippen molar-refractivity contribution < 1.29 is 16.8 Å². The van der Waals surface area contributed by atoms with E-state index >= 15 is 0 Å². The molecule has 1 heterocycles. The highest BCUT2D eigenvalue weighted by atomic mass is 32.2. The molecule has 3 N–H and O–H groups in total. The van der Waals surface area contributed by atoms with Crippen LogP contribution in [0.15, 0.2) is 52.3 Å². The summed E-state index contributed by atoms with van der Waals surface area (Å²) < 4.78 is 47.1.